The van der Waals surface area contributed by atoms with Crippen LogP contribution in [0.5, 0.6) is 0 Å². The second kappa shape index (κ2) is 7.77. The Morgan fingerprint density at radius 2 is 2.11 bits per heavy atom. The first-order chi connectivity index (χ1) is 13.6. The van der Waals surface area contributed by atoms with Crippen LogP contribution in [-0.4, -0.2) is 50.0 Å². The highest BCUT2D eigenvalue weighted by Crippen LogP contribution is 2.29. The first-order valence-corrected chi connectivity index (χ1v) is 9.65. The van der Waals surface area contributed by atoms with Crippen molar-refractivity contribution in [3.63, 3.8) is 0 Å². The van der Waals surface area contributed by atoms with E-state index in [2.05, 4.69) is 20.5 Å². The van der Waals surface area contributed by atoms with E-state index >= 15 is 0 Å². The lowest BCUT2D eigenvalue weighted by atomic mass is 10.1. The van der Waals surface area contributed by atoms with E-state index in [4.69, 9.17) is 4.74 Å². The fourth-order valence-electron chi connectivity index (χ4n) is 2.89. The van der Waals surface area contributed by atoms with Gasteiger partial charge in [0.25, 0.3) is 5.91 Å². The van der Waals surface area contributed by atoms with Crippen molar-refractivity contribution in [3.8, 4) is 5.69 Å². The van der Waals surface area contributed by atoms with E-state index < -0.39 is 6.09 Å². The van der Waals surface area contributed by atoms with Crippen LogP contribution in [0.3, 0.4) is 0 Å². The summed E-state index contributed by atoms with van der Waals surface area (Å²) in [4.78, 5) is 32.9. The number of thiazole rings is 1. The van der Waals surface area contributed by atoms with E-state index in [0.29, 0.717) is 36.9 Å². The van der Waals surface area contributed by atoms with E-state index in [1.807, 2.05) is 30.3 Å². The minimum atomic E-state index is -0.529. The van der Waals surface area contributed by atoms with E-state index in [0.717, 1.165) is 16.3 Å². The van der Waals surface area contributed by atoms with E-state index in [1.54, 1.807) is 11.8 Å². The molecule has 3 aromatic rings. The van der Waals surface area contributed by atoms with Crippen LogP contribution >= 0.6 is 11.3 Å². The maximum Gasteiger partial charge on any atom is 0.413 e. The average Bonchev–Trinajstić information content (AvgIpc) is 3.34. The molecule has 0 saturated carbocycles. The number of hydrogen-bond acceptors (Lipinski definition) is 7. The molecule has 144 valence electrons. The number of rotatable bonds is 4. The number of fused-ring (bicyclic) bond motifs is 1. The second-order valence-corrected chi connectivity index (χ2v) is 7.15. The average molecular weight is 398 g/mol. The van der Waals surface area contributed by atoms with E-state index in [-0.39, 0.29) is 5.91 Å². The molecule has 28 heavy (non-hydrogen) atoms. The number of ether oxygens (including phenoxy) is 1. The Kier molecular flexibility index (Phi) is 5.02. The van der Waals surface area contributed by atoms with Crippen molar-refractivity contribution < 1.29 is 14.3 Å². The molecule has 1 aromatic carbocycles. The lowest BCUT2D eigenvalue weighted by molar-refractivity contribution is 0.0729. The molecular formula is C18H18N6O3S. The molecule has 0 unspecified atom stereocenters. The Morgan fingerprint density at radius 1 is 1.29 bits per heavy atom. The van der Waals surface area contributed by atoms with Crippen LogP contribution in [0.15, 0.2) is 36.5 Å². The molecule has 0 radical (unpaired) electrons. The first-order valence-electron chi connectivity index (χ1n) is 8.83. The molecule has 1 N–H and O–H groups in total. The molecule has 10 heteroatoms. The zero-order valence-electron chi connectivity index (χ0n) is 15.2. The summed E-state index contributed by atoms with van der Waals surface area (Å²) in [6, 6.07) is 9.42. The van der Waals surface area contributed by atoms with Gasteiger partial charge in [0, 0.05) is 17.8 Å². The van der Waals surface area contributed by atoms with Gasteiger partial charge in [-0.15, -0.1) is 5.10 Å². The fraction of sp³-hybridized carbons (Fsp3) is 0.278. The lowest BCUT2D eigenvalue weighted by Gasteiger charge is -2.25. The zero-order chi connectivity index (χ0) is 19.5. The quantitative estimate of drug-likeness (QED) is 0.724. The largest absolute Gasteiger partial charge is 0.450 e. The van der Waals surface area contributed by atoms with Gasteiger partial charge in [0.1, 0.15) is 0 Å². The standard InChI is InChI=1S/C18H18N6O3S/c1-2-27-18(26)21-17-20-13-8-9-23(11-15(13)28-17)16(25)14-10-19-24(22-14)12-6-4-3-5-7-12/h3-7,10H,2,8-9,11H2,1H3,(H,20,21,26). The van der Waals surface area contributed by atoms with Gasteiger partial charge in [-0.05, 0) is 19.1 Å². The van der Waals surface area contributed by atoms with Crippen LogP contribution in [-0.2, 0) is 17.7 Å². The summed E-state index contributed by atoms with van der Waals surface area (Å²) in [5, 5.41) is 11.6. The molecule has 0 fully saturated rings. The maximum atomic E-state index is 12.8. The number of amides is 2. The third-order valence-corrected chi connectivity index (χ3v) is 5.20. The van der Waals surface area contributed by atoms with Gasteiger partial charge in [0.05, 0.1) is 30.7 Å². The molecule has 2 amide bonds. The number of para-hydroxylation sites is 1. The summed E-state index contributed by atoms with van der Waals surface area (Å²) >= 11 is 1.35. The zero-order valence-corrected chi connectivity index (χ0v) is 16.0. The summed E-state index contributed by atoms with van der Waals surface area (Å²) in [7, 11) is 0. The van der Waals surface area contributed by atoms with Crippen molar-refractivity contribution in [1.29, 1.82) is 0 Å². The highest BCUT2D eigenvalue weighted by molar-refractivity contribution is 7.15. The van der Waals surface area contributed by atoms with Crippen LogP contribution in [0.1, 0.15) is 28.0 Å². The SMILES string of the molecule is CCOC(=O)Nc1nc2c(s1)CN(C(=O)c1cnn(-c3ccccc3)n1)CC2. The first kappa shape index (κ1) is 18.1. The molecule has 0 aliphatic carbocycles. The fourth-order valence-corrected chi connectivity index (χ4v) is 3.90. The van der Waals surface area contributed by atoms with Gasteiger partial charge in [-0.25, -0.2) is 9.78 Å². The van der Waals surface area contributed by atoms with Crippen molar-refractivity contribution in [1.82, 2.24) is 24.9 Å². The van der Waals surface area contributed by atoms with Crippen molar-refractivity contribution in [2.75, 3.05) is 18.5 Å². The van der Waals surface area contributed by atoms with E-state index in [9.17, 15) is 9.59 Å². The molecule has 3 heterocycles. The summed E-state index contributed by atoms with van der Waals surface area (Å²) in [5.41, 5.74) is 1.98. The number of nitrogens with one attached hydrogen (secondary N) is 1. The van der Waals surface area contributed by atoms with Crippen molar-refractivity contribution in [2.45, 2.75) is 19.9 Å². The molecule has 4 rings (SSSR count). The Labute approximate surface area is 164 Å². The Morgan fingerprint density at radius 3 is 2.89 bits per heavy atom. The lowest BCUT2D eigenvalue weighted by Crippen LogP contribution is -2.35. The second-order valence-electron chi connectivity index (χ2n) is 6.07. The smallest absolute Gasteiger partial charge is 0.413 e. The van der Waals surface area contributed by atoms with Crippen LogP contribution in [0.25, 0.3) is 5.69 Å². The number of benzene rings is 1. The Bertz CT molecular complexity index is 1000. The molecule has 1 aliphatic heterocycles. The maximum absolute atomic E-state index is 12.8. The van der Waals surface area contributed by atoms with Crippen LogP contribution in [0, 0.1) is 0 Å². The molecule has 1 aliphatic rings. The van der Waals surface area contributed by atoms with E-state index in [1.165, 1.54) is 22.3 Å². The van der Waals surface area contributed by atoms with Crippen LogP contribution < -0.4 is 5.32 Å². The van der Waals surface area contributed by atoms with Gasteiger partial charge in [-0.2, -0.15) is 9.90 Å². The summed E-state index contributed by atoms with van der Waals surface area (Å²) in [6.45, 7) is 2.99. The van der Waals surface area contributed by atoms with Gasteiger partial charge < -0.3 is 9.64 Å². The molecule has 0 bridgehead atoms. The molecule has 2 aromatic heterocycles. The van der Waals surface area contributed by atoms with Crippen molar-refractivity contribution >= 4 is 28.5 Å². The van der Waals surface area contributed by atoms with Crippen molar-refractivity contribution in [2.24, 2.45) is 0 Å². The van der Waals surface area contributed by atoms with Crippen LogP contribution in [0.2, 0.25) is 0 Å². The van der Waals surface area contributed by atoms with Gasteiger partial charge in [0.2, 0.25) is 0 Å². The number of carbonyl (C=O) groups excluding carboxylic acids is 2. The van der Waals surface area contributed by atoms with Gasteiger partial charge in [-0.3, -0.25) is 10.1 Å². The summed E-state index contributed by atoms with van der Waals surface area (Å²) in [6.07, 6.45) is 1.57. The third kappa shape index (κ3) is 3.72. The predicted octanol–water partition coefficient (Wildman–Crippen LogP) is 2.49. The van der Waals surface area contributed by atoms with Crippen molar-refractivity contribution in [3.05, 3.63) is 52.8 Å². The number of anilines is 1. The Hall–Kier alpha value is -3.27. The predicted molar refractivity (Wildman–Crippen MR) is 103 cm³/mol. The number of carbonyl (C=O) groups is 2. The normalized spacial score (nSPS) is 13.1. The summed E-state index contributed by atoms with van der Waals surface area (Å²) in [5.74, 6) is -0.180. The van der Waals surface area contributed by atoms with Gasteiger partial charge >= 0.3 is 6.09 Å². The highest BCUT2D eigenvalue weighted by atomic mass is 32.1. The monoisotopic (exact) mass is 398 g/mol. The summed E-state index contributed by atoms with van der Waals surface area (Å²) < 4.78 is 4.87. The molecule has 0 atom stereocenters. The molecular weight excluding hydrogens is 380 g/mol. The molecule has 0 spiro atoms. The minimum Gasteiger partial charge on any atom is -0.450 e. The topological polar surface area (TPSA) is 102 Å². The Balaban J connectivity index is 1.45. The highest BCUT2D eigenvalue weighted by Gasteiger charge is 2.27. The van der Waals surface area contributed by atoms with Gasteiger partial charge in [-0.1, -0.05) is 29.5 Å². The number of nitrogens with zero attached hydrogens (tertiary/aromatic N) is 5. The number of hydrogen-bond donors (Lipinski definition) is 1. The molecule has 0 saturated heterocycles. The number of aromatic nitrogens is 4. The van der Waals surface area contributed by atoms with Gasteiger partial charge in [0.15, 0.2) is 10.8 Å². The minimum absolute atomic E-state index is 0.180. The third-order valence-electron chi connectivity index (χ3n) is 4.20. The molecule has 9 nitrogen and oxygen atoms in total. The van der Waals surface area contributed by atoms with Crippen LogP contribution in [0.4, 0.5) is 9.93 Å².